The lowest BCUT2D eigenvalue weighted by Gasteiger charge is -2.06. The second-order valence-electron chi connectivity index (χ2n) is 4.34. The lowest BCUT2D eigenvalue weighted by Crippen LogP contribution is -2.06. The normalized spacial score (nSPS) is 10.5. The van der Waals surface area contributed by atoms with Gasteiger partial charge in [0.1, 0.15) is 5.56 Å². The average molecular weight is 310 g/mol. The summed E-state index contributed by atoms with van der Waals surface area (Å²) < 4.78 is 6.62. The number of aromatic nitrogens is 2. The van der Waals surface area contributed by atoms with Gasteiger partial charge in [0, 0.05) is 24.7 Å². The molecule has 1 aromatic heterocycles. The van der Waals surface area contributed by atoms with Crippen LogP contribution in [0.2, 0.25) is 5.02 Å². The standard InChI is InChI=1S/C13H12ClN3O4/c1-7-11(13(21-3)16(2)15-7)12(18)9-5-4-8(17(19)20)6-10(9)14/h4-6H,1-3H3. The molecule has 21 heavy (non-hydrogen) atoms. The molecule has 110 valence electrons. The summed E-state index contributed by atoms with van der Waals surface area (Å²) >= 11 is 5.98. The van der Waals surface area contributed by atoms with E-state index in [9.17, 15) is 14.9 Å². The van der Waals surface area contributed by atoms with E-state index in [0.29, 0.717) is 11.6 Å². The lowest BCUT2D eigenvalue weighted by molar-refractivity contribution is -0.384. The zero-order chi connectivity index (χ0) is 15.7. The van der Waals surface area contributed by atoms with Crippen molar-refractivity contribution in [3.63, 3.8) is 0 Å². The first kappa shape index (κ1) is 15.0. The van der Waals surface area contributed by atoms with Gasteiger partial charge in [0.2, 0.25) is 11.7 Å². The van der Waals surface area contributed by atoms with Crippen LogP contribution in [-0.2, 0) is 7.05 Å². The van der Waals surface area contributed by atoms with E-state index in [1.165, 1.54) is 23.9 Å². The predicted molar refractivity (Wildman–Crippen MR) is 76.0 cm³/mol. The van der Waals surface area contributed by atoms with Crippen molar-refractivity contribution >= 4 is 23.1 Å². The summed E-state index contributed by atoms with van der Waals surface area (Å²) in [7, 11) is 3.09. The summed E-state index contributed by atoms with van der Waals surface area (Å²) in [6.07, 6.45) is 0. The van der Waals surface area contributed by atoms with Crippen molar-refractivity contribution in [1.29, 1.82) is 0 Å². The molecule has 1 heterocycles. The third-order valence-corrected chi connectivity index (χ3v) is 3.31. The Morgan fingerprint density at radius 2 is 2.14 bits per heavy atom. The minimum atomic E-state index is -0.573. The number of methoxy groups -OCH3 is 1. The van der Waals surface area contributed by atoms with Crippen LogP contribution < -0.4 is 4.74 Å². The highest BCUT2D eigenvalue weighted by Crippen LogP contribution is 2.29. The van der Waals surface area contributed by atoms with Crippen molar-refractivity contribution in [3.05, 3.63) is 50.2 Å². The second kappa shape index (κ2) is 5.53. The number of hydrogen-bond acceptors (Lipinski definition) is 5. The molecule has 2 rings (SSSR count). The summed E-state index contributed by atoms with van der Waals surface area (Å²) in [6, 6.07) is 3.71. The van der Waals surface area contributed by atoms with E-state index in [-0.39, 0.29) is 21.8 Å². The van der Waals surface area contributed by atoms with E-state index in [1.807, 2.05) is 0 Å². The SMILES string of the molecule is COc1c(C(=O)c2ccc([N+](=O)[O-])cc2Cl)c(C)nn1C. The zero-order valence-corrected chi connectivity index (χ0v) is 12.3. The number of hydrogen-bond donors (Lipinski definition) is 0. The third kappa shape index (κ3) is 2.59. The Hall–Kier alpha value is -2.41. The van der Waals surface area contributed by atoms with Crippen molar-refractivity contribution in [2.24, 2.45) is 7.05 Å². The van der Waals surface area contributed by atoms with E-state index >= 15 is 0 Å². The van der Waals surface area contributed by atoms with Crippen LogP contribution in [0.25, 0.3) is 0 Å². The number of nitro groups is 1. The molecule has 0 aliphatic carbocycles. The molecule has 0 saturated carbocycles. The highest BCUT2D eigenvalue weighted by Gasteiger charge is 2.25. The first-order valence-corrected chi connectivity index (χ1v) is 6.30. The fourth-order valence-corrected chi connectivity index (χ4v) is 2.33. The Morgan fingerprint density at radius 1 is 1.48 bits per heavy atom. The van der Waals surface area contributed by atoms with Gasteiger partial charge in [-0.15, -0.1) is 0 Å². The number of nitro benzene ring substituents is 1. The minimum absolute atomic E-state index is 0.0134. The maximum Gasteiger partial charge on any atom is 0.270 e. The van der Waals surface area contributed by atoms with Gasteiger partial charge < -0.3 is 4.74 Å². The summed E-state index contributed by atoms with van der Waals surface area (Å²) in [5.41, 5.74) is 0.771. The molecular weight excluding hydrogens is 298 g/mol. The number of carbonyl (C=O) groups is 1. The molecule has 8 heteroatoms. The second-order valence-corrected chi connectivity index (χ2v) is 4.75. The Balaban J connectivity index is 2.53. The Labute approximate surface area is 125 Å². The molecule has 0 N–H and O–H groups in total. The number of ketones is 1. The predicted octanol–water partition coefficient (Wildman–Crippen LogP) is 2.53. The summed E-state index contributed by atoms with van der Waals surface area (Å²) in [4.78, 5) is 22.7. The number of rotatable bonds is 4. The minimum Gasteiger partial charge on any atom is -0.481 e. The van der Waals surface area contributed by atoms with Crippen LogP contribution in [0, 0.1) is 17.0 Å². The van der Waals surface area contributed by atoms with Gasteiger partial charge in [0.25, 0.3) is 5.69 Å². The first-order chi connectivity index (χ1) is 9.86. The molecule has 0 aliphatic heterocycles. The van der Waals surface area contributed by atoms with E-state index < -0.39 is 10.7 Å². The van der Waals surface area contributed by atoms with Gasteiger partial charge in [-0.2, -0.15) is 5.10 Å². The first-order valence-electron chi connectivity index (χ1n) is 5.93. The average Bonchev–Trinajstić information content (AvgIpc) is 2.71. The van der Waals surface area contributed by atoms with Crippen LogP contribution in [0.5, 0.6) is 5.88 Å². The smallest absolute Gasteiger partial charge is 0.270 e. The van der Waals surface area contributed by atoms with Crippen molar-refractivity contribution < 1.29 is 14.5 Å². The highest BCUT2D eigenvalue weighted by atomic mass is 35.5. The van der Waals surface area contributed by atoms with E-state index in [1.54, 1.807) is 14.0 Å². The molecule has 0 atom stereocenters. The molecule has 7 nitrogen and oxygen atoms in total. The molecule has 0 radical (unpaired) electrons. The topological polar surface area (TPSA) is 87.3 Å². The van der Waals surface area contributed by atoms with Gasteiger partial charge in [-0.1, -0.05) is 11.6 Å². The molecule has 0 amide bonds. The van der Waals surface area contributed by atoms with Crippen LogP contribution in [0.3, 0.4) is 0 Å². The number of nitrogens with zero attached hydrogens (tertiary/aromatic N) is 3. The largest absolute Gasteiger partial charge is 0.481 e. The van der Waals surface area contributed by atoms with Crippen molar-refractivity contribution in [1.82, 2.24) is 9.78 Å². The molecule has 1 aromatic carbocycles. The third-order valence-electron chi connectivity index (χ3n) is 3.00. The summed E-state index contributed by atoms with van der Waals surface area (Å²) in [5.74, 6) is -0.0794. The van der Waals surface area contributed by atoms with Crippen molar-refractivity contribution in [3.8, 4) is 5.88 Å². The molecule has 2 aromatic rings. The molecule has 0 unspecified atom stereocenters. The van der Waals surface area contributed by atoms with Crippen LogP contribution in [0.1, 0.15) is 21.6 Å². The molecule has 0 spiro atoms. The lowest BCUT2D eigenvalue weighted by atomic mass is 10.0. The van der Waals surface area contributed by atoms with Crippen molar-refractivity contribution in [2.75, 3.05) is 7.11 Å². The number of ether oxygens (including phenoxy) is 1. The van der Waals surface area contributed by atoms with E-state index in [2.05, 4.69) is 5.10 Å². The fourth-order valence-electron chi connectivity index (χ4n) is 2.07. The molecule has 0 saturated heterocycles. The molecule has 0 fully saturated rings. The van der Waals surface area contributed by atoms with E-state index in [4.69, 9.17) is 16.3 Å². The van der Waals surface area contributed by atoms with Gasteiger partial charge in [0.15, 0.2) is 0 Å². The Kier molecular flexibility index (Phi) is 3.95. The van der Waals surface area contributed by atoms with Crippen molar-refractivity contribution in [2.45, 2.75) is 6.92 Å². The Bertz CT molecular complexity index is 739. The zero-order valence-electron chi connectivity index (χ0n) is 11.6. The molecular formula is C13H12ClN3O4. The number of benzene rings is 1. The number of aryl methyl sites for hydroxylation is 2. The number of halogens is 1. The summed E-state index contributed by atoms with van der Waals surface area (Å²) in [5, 5.41) is 14.8. The van der Waals surface area contributed by atoms with Crippen LogP contribution in [0.15, 0.2) is 18.2 Å². The summed E-state index contributed by atoms with van der Waals surface area (Å²) in [6.45, 7) is 1.68. The monoisotopic (exact) mass is 309 g/mol. The highest BCUT2D eigenvalue weighted by molar-refractivity contribution is 6.35. The maximum absolute atomic E-state index is 12.6. The fraction of sp³-hybridized carbons (Fsp3) is 0.231. The quantitative estimate of drug-likeness (QED) is 0.492. The number of non-ortho nitro benzene ring substituents is 1. The molecule has 0 bridgehead atoms. The van der Waals surface area contributed by atoms with Gasteiger partial charge >= 0.3 is 0 Å². The van der Waals surface area contributed by atoms with Crippen LogP contribution in [-0.4, -0.2) is 27.6 Å². The van der Waals surface area contributed by atoms with Gasteiger partial charge in [-0.05, 0) is 13.0 Å². The van der Waals surface area contributed by atoms with Crippen LogP contribution in [0.4, 0.5) is 5.69 Å². The maximum atomic E-state index is 12.6. The van der Waals surface area contributed by atoms with E-state index in [0.717, 1.165) is 6.07 Å². The Morgan fingerprint density at radius 3 is 2.67 bits per heavy atom. The van der Waals surface area contributed by atoms with Gasteiger partial charge in [0.05, 0.1) is 22.7 Å². The molecule has 0 aliphatic rings. The number of carbonyl (C=O) groups excluding carboxylic acids is 1. The van der Waals surface area contributed by atoms with Gasteiger partial charge in [-0.3, -0.25) is 14.9 Å². The van der Waals surface area contributed by atoms with Gasteiger partial charge in [-0.25, -0.2) is 4.68 Å². The van der Waals surface area contributed by atoms with Crippen LogP contribution >= 0.6 is 11.6 Å².